The van der Waals surface area contributed by atoms with Crippen LogP contribution in [0.25, 0.3) is 0 Å². The molecule has 0 N–H and O–H groups in total. The normalized spacial score (nSPS) is 10.6. The smallest absolute Gasteiger partial charge is 0.314 e. The van der Waals surface area contributed by atoms with Crippen LogP contribution in [0.3, 0.4) is 0 Å². The van der Waals surface area contributed by atoms with E-state index in [1.807, 2.05) is 13.8 Å². The van der Waals surface area contributed by atoms with Crippen LogP contribution in [-0.4, -0.2) is 17.4 Å². The highest BCUT2D eigenvalue weighted by molar-refractivity contribution is 6.02. The third-order valence-corrected chi connectivity index (χ3v) is 1.19. The zero-order valence-electron chi connectivity index (χ0n) is 9.51. The van der Waals surface area contributed by atoms with E-state index < -0.39 is 11.6 Å². The van der Waals surface area contributed by atoms with Crippen LogP contribution in [-0.2, 0) is 14.3 Å². The SMILES string of the molecule is CC(C)=CC(=O)CC(=O)OC(C)(C)C. The first-order valence-corrected chi connectivity index (χ1v) is 4.60. The molecule has 80 valence electrons. The standard InChI is InChI=1S/C11H18O3/c1-8(2)6-9(12)7-10(13)14-11(3,4)5/h6H,7H2,1-5H3. The van der Waals surface area contributed by atoms with Gasteiger partial charge in [-0.15, -0.1) is 0 Å². The van der Waals surface area contributed by atoms with Gasteiger partial charge in [0.2, 0.25) is 0 Å². The van der Waals surface area contributed by atoms with Gasteiger partial charge in [0, 0.05) is 0 Å². The van der Waals surface area contributed by atoms with Gasteiger partial charge >= 0.3 is 5.97 Å². The Morgan fingerprint density at radius 1 is 1.21 bits per heavy atom. The predicted octanol–water partition coefficient (Wildman–Crippen LogP) is 2.25. The van der Waals surface area contributed by atoms with Gasteiger partial charge in [-0.1, -0.05) is 5.57 Å². The molecule has 0 amide bonds. The molecule has 0 rings (SSSR count). The van der Waals surface area contributed by atoms with Gasteiger partial charge < -0.3 is 4.74 Å². The molecule has 0 bridgehead atoms. The lowest BCUT2D eigenvalue weighted by Crippen LogP contribution is -2.25. The summed E-state index contributed by atoms with van der Waals surface area (Å²) in [6.07, 6.45) is 1.27. The van der Waals surface area contributed by atoms with Gasteiger partial charge in [0.25, 0.3) is 0 Å². The minimum absolute atomic E-state index is 0.178. The summed E-state index contributed by atoms with van der Waals surface area (Å²) >= 11 is 0. The van der Waals surface area contributed by atoms with Crippen molar-refractivity contribution in [1.82, 2.24) is 0 Å². The van der Waals surface area contributed by atoms with Crippen molar-refractivity contribution in [3.63, 3.8) is 0 Å². The lowest BCUT2D eigenvalue weighted by Gasteiger charge is -2.18. The number of hydrogen-bond donors (Lipinski definition) is 0. The first-order chi connectivity index (χ1) is 6.20. The van der Waals surface area contributed by atoms with Crippen LogP contribution in [0, 0.1) is 0 Å². The molecule has 0 radical (unpaired) electrons. The van der Waals surface area contributed by atoms with Crippen molar-refractivity contribution in [1.29, 1.82) is 0 Å². The molecule has 0 aliphatic rings. The van der Waals surface area contributed by atoms with Crippen molar-refractivity contribution in [3.05, 3.63) is 11.6 Å². The number of carbonyl (C=O) groups is 2. The van der Waals surface area contributed by atoms with E-state index >= 15 is 0 Å². The molecule has 0 saturated carbocycles. The van der Waals surface area contributed by atoms with Crippen LogP contribution >= 0.6 is 0 Å². The summed E-state index contributed by atoms with van der Waals surface area (Å²) < 4.78 is 5.00. The van der Waals surface area contributed by atoms with Crippen LogP contribution in [0.5, 0.6) is 0 Å². The highest BCUT2D eigenvalue weighted by Crippen LogP contribution is 2.08. The second kappa shape index (κ2) is 4.94. The van der Waals surface area contributed by atoms with E-state index in [1.165, 1.54) is 6.08 Å². The predicted molar refractivity (Wildman–Crippen MR) is 54.9 cm³/mol. The summed E-state index contributed by atoms with van der Waals surface area (Å²) in [5, 5.41) is 0. The third-order valence-electron chi connectivity index (χ3n) is 1.19. The summed E-state index contributed by atoms with van der Waals surface area (Å²) in [5.41, 5.74) is 0.362. The zero-order valence-corrected chi connectivity index (χ0v) is 9.51. The number of carbonyl (C=O) groups excluding carboxylic acids is 2. The van der Waals surface area contributed by atoms with Crippen LogP contribution in [0.4, 0.5) is 0 Å². The van der Waals surface area contributed by atoms with E-state index in [1.54, 1.807) is 20.8 Å². The Balaban J connectivity index is 4.09. The molecule has 0 unspecified atom stereocenters. The van der Waals surface area contributed by atoms with E-state index in [2.05, 4.69) is 0 Å². The molecule has 0 saturated heterocycles. The van der Waals surface area contributed by atoms with Crippen molar-refractivity contribution in [2.24, 2.45) is 0 Å². The first-order valence-electron chi connectivity index (χ1n) is 4.60. The molecular weight excluding hydrogens is 180 g/mol. The monoisotopic (exact) mass is 198 g/mol. The van der Waals surface area contributed by atoms with E-state index in [9.17, 15) is 9.59 Å². The second-order valence-electron chi connectivity index (χ2n) is 4.45. The lowest BCUT2D eigenvalue weighted by atomic mass is 10.2. The van der Waals surface area contributed by atoms with Gasteiger partial charge in [0.1, 0.15) is 12.0 Å². The van der Waals surface area contributed by atoms with Crippen molar-refractivity contribution in [2.45, 2.75) is 46.6 Å². The second-order valence-corrected chi connectivity index (χ2v) is 4.45. The number of ether oxygens (including phenoxy) is 1. The molecule has 0 fully saturated rings. The summed E-state index contributed by atoms with van der Waals surface area (Å²) in [6.45, 7) is 8.95. The number of hydrogen-bond acceptors (Lipinski definition) is 3. The molecule has 0 aliphatic carbocycles. The molecule has 0 spiro atoms. The molecule has 0 atom stereocenters. The highest BCUT2D eigenvalue weighted by atomic mass is 16.6. The summed E-state index contributed by atoms with van der Waals surface area (Å²) in [6, 6.07) is 0. The van der Waals surface area contributed by atoms with E-state index in [4.69, 9.17) is 4.74 Å². The molecule has 0 aliphatic heterocycles. The maximum Gasteiger partial charge on any atom is 0.314 e. The third kappa shape index (κ3) is 7.53. The van der Waals surface area contributed by atoms with Gasteiger partial charge in [-0.25, -0.2) is 0 Å². The molecule has 0 heterocycles. The molecular formula is C11H18O3. The van der Waals surface area contributed by atoms with Gasteiger partial charge in [-0.3, -0.25) is 9.59 Å². The van der Waals surface area contributed by atoms with Crippen molar-refractivity contribution < 1.29 is 14.3 Å². The van der Waals surface area contributed by atoms with Crippen LogP contribution in [0.15, 0.2) is 11.6 Å². The highest BCUT2D eigenvalue weighted by Gasteiger charge is 2.17. The largest absolute Gasteiger partial charge is 0.460 e. The average molecular weight is 198 g/mol. The minimum Gasteiger partial charge on any atom is -0.460 e. The Labute approximate surface area is 85.1 Å². The summed E-state index contributed by atoms with van der Waals surface area (Å²) in [4.78, 5) is 22.4. The Morgan fingerprint density at radius 2 is 1.71 bits per heavy atom. The Morgan fingerprint density at radius 3 is 2.07 bits per heavy atom. The van der Waals surface area contributed by atoms with Crippen molar-refractivity contribution in [3.8, 4) is 0 Å². The van der Waals surface area contributed by atoms with E-state index in [0.29, 0.717) is 0 Å². The lowest BCUT2D eigenvalue weighted by molar-refractivity contribution is -0.155. The number of rotatable bonds is 3. The fourth-order valence-electron chi connectivity index (χ4n) is 0.893. The molecule has 3 heteroatoms. The average Bonchev–Trinajstić information content (AvgIpc) is 1.77. The van der Waals surface area contributed by atoms with Gasteiger partial charge in [-0.2, -0.15) is 0 Å². The molecule has 14 heavy (non-hydrogen) atoms. The number of esters is 1. The van der Waals surface area contributed by atoms with Crippen LogP contribution in [0.1, 0.15) is 41.0 Å². The van der Waals surface area contributed by atoms with E-state index in [-0.39, 0.29) is 12.2 Å². The van der Waals surface area contributed by atoms with Gasteiger partial charge in [0.05, 0.1) is 0 Å². The fraction of sp³-hybridized carbons (Fsp3) is 0.636. The van der Waals surface area contributed by atoms with Gasteiger partial charge in [-0.05, 0) is 40.7 Å². The molecule has 0 aromatic rings. The molecule has 3 nitrogen and oxygen atoms in total. The zero-order chi connectivity index (χ0) is 11.4. The Kier molecular flexibility index (Phi) is 4.54. The molecule has 0 aromatic heterocycles. The van der Waals surface area contributed by atoms with E-state index in [0.717, 1.165) is 5.57 Å². The number of allylic oxidation sites excluding steroid dienone is 2. The summed E-state index contributed by atoms with van der Waals surface area (Å²) in [5.74, 6) is -0.681. The molecule has 0 aromatic carbocycles. The number of ketones is 1. The minimum atomic E-state index is -0.525. The quantitative estimate of drug-likeness (QED) is 0.397. The van der Waals surface area contributed by atoms with Crippen LogP contribution in [0.2, 0.25) is 0 Å². The topological polar surface area (TPSA) is 43.4 Å². The maximum atomic E-state index is 11.2. The first kappa shape index (κ1) is 12.9. The maximum absolute atomic E-state index is 11.2. The van der Waals surface area contributed by atoms with Crippen LogP contribution < -0.4 is 0 Å². The Bertz CT molecular complexity index is 252. The Hall–Kier alpha value is -1.12. The van der Waals surface area contributed by atoms with Crippen molar-refractivity contribution in [2.75, 3.05) is 0 Å². The summed E-state index contributed by atoms with van der Waals surface area (Å²) in [7, 11) is 0. The fourth-order valence-corrected chi connectivity index (χ4v) is 0.893. The van der Waals surface area contributed by atoms with Crippen molar-refractivity contribution >= 4 is 11.8 Å². The van der Waals surface area contributed by atoms with Gasteiger partial charge in [0.15, 0.2) is 5.78 Å².